The van der Waals surface area contributed by atoms with E-state index < -0.39 is 18.2 Å². The van der Waals surface area contributed by atoms with Crippen molar-refractivity contribution < 1.29 is 29.3 Å². The smallest absolute Gasteiger partial charge is 0.405 e. The van der Waals surface area contributed by atoms with Crippen molar-refractivity contribution in [1.82, 2.24) is 15.6 Å². The Kier molecular flexibility index (Phi) is 8.33. The molecule has 0 aliphatic carbocycles. The summed E-state index contributed by atoms with van der Waals surface area (Å²) in [5.41, 5.74) is 2.07. The van der Waals surface area contributed by atoms with Crippen LogP contribution in [0, 0.1) is 0 Å². The Morgan fingerprint density at radius 1 is 0.927 bits per heavy atom. The molecule has 2 atom stereocenters. The number of carboxylic acid groups (broad SMARTS) is 1. The Morgan fingerprint density at radius 2 is 1.71 bits per heavy atom. The van der Waals surface area contributed by atoms with Crippen LogP contribution in [0.15, 0.2) is 100 Å². The number of hydrogen-bond donors (Lipinski definition) is 6. The van der Waals surface area contributed by atoms with E-state index in [2.05, 4.69) is 15.6 Å². The van der Waals surface area contributed by atoms with Crippen LogP contribution in [0.2, 0.25) is 0 Å². The molecule has 0 saturated heterocycles. The number of benzene rings is 3. The van der Waals surface area contributed by atoms with Crippen molar-refractivity contribution in [3.63, 3.8) is 0 Å². The van der Waals surface area contributed by atoms with Gasteiger partial charge in [0, 0.05) is 18.0 Å². The zero-order chi connectivity index (χ0) is 28.8. The van der Waals surface area contributed by atoms with Crippen LogP contribution in [0.1, 0.15) is 40.4 Å². The summed E-state index contributed by atoms with van der Waals surface area (Å²) in [7, 11) is 0. The van der Waals surface area contributed by atoms with Gasteiger partial charge in [0.25, 0.3) is 0 Å². The number of hydrogen-bond acceptors (Lipinski definition) is 7. The molecule has 1 unspecified atom stereocenters. The van der Waals surface area contributed by atoms with E-state index in [1.165, 1.54) is 12.1 Å². The predicted molar refractivity (Wildman–Crippen MR) is 152 cm³/mol. The van der Waals surface area contributed by atoms with E-state index in [4.69, 9.17) is 9.15 Å². The minimum Gasteiger partial charge on any atom is -0.506 e. The van der Waals surface area contributed by atoms with Crippen LogP contribution in [0.4, 0.5) is 4.79 Å². The number of nitrogens with one attached hydrogen (secondary N) is 3. The second-order valence-corrected chi connectivity index (χ2v) is 9.45. The van der Waals surface area contributed by atoms with Gasteiger partial charge in [0.15, 0.2) is 0 Å². The van der Waals surface area contributed by atoms with Gasteiger partial charge in [-0.2, -0.15) is 0 Å². The maximum atomic E-state index is 11.6. The largest absolute Gasteiger partial charge is 0.506 e. The molecule has 210 valence electrons. The number of aromatic nitrogens is 1. The average Bonchev–Trinajstić information content (AvgIpc) is 3.43. The molecular formula is C31H29N3O7. The van der Waals surface area contributed by atoms with Gasteiger partial charge in [0.1, 0.15) is 29.6 Å². The molecule has 0 aliphatic rings. The Bertz CT molecular complexity index is 1700. The number of ether oxygens (including phenoxy) is 1. The molecule has 10 heteroatoms. The monoisotopic (exact) mass is 555 g/mol. The van der Waals surface area contributed by atoms with Gasteiger partial charge in [0.2, 0.25) is 5.56 Å². The molecule has 5 rings (SSSR count). The first-order valence-corrected chi connectivity index (χ1v) is 13.0. The molecular weight excluding hydrogens is 526 g/mol. The number of aliphatic hydroxyl groups is 1. The summed E-state index contributed by atoms with van der Waals surface area (Å²) < 4.78 is 11.8. The summed E-state index contributed by atoms with van der Waals surface area (Å²) in [6, 6.07) is 25.6. The van der Waals surface area contributed by atoms with Crippen molar-refractivity contribution in [3.8, 4) is 11.5 Å². The number of aromatic hydroxyl groups is 1. The maximum absolute atomic E-state index is 11.6. The predicted octanol–water partition coefficient (Wildman–Crippen LogP) is 4.59. The van der Waals surface area contributed by atoms with Gasteiger partial charge in [-0.05, 0) is 53.1 Å². The second-order valence-electron chi connectivity index (χ2n) is 9.45. The number of pyridine rings is 1. The van der Waals surface area contributed by atoms with Gasteiger partial charge in [-0.1, -0.05) is 48.5 Å². The molecule has 6 N–H and O–H groups in total. The molecule has 3 aromatic carbocycles. The van der Waals surface area contributed by atoms with Crippen LogP contribution in [0.25, 0.3) is 10.9 Å². The average molecular weight is 556 g/mol. The Balaban J connectivity index is 1.17. The van der Waals surface area contributed by atoms with Crippen LogP contribution in [-0.4, -0.2) is 32.9 Å². The van der Waals surface area contributed by atoms with Crippen molar-refractivity contribution in [2.45, 2.75) is 25.3 Å². The van der Waals surface area contributed by atoms with E-state index in [9.17, 15) is 24.9 Å². The third-order valence-corrected chi connectivity index (χ3v) is 6.59. The van der Waals surface area contributed by atoms with Crippen LogP contribution in [0.5, 0.6) is 11.5 Å². The summed E-state index contributed by atoms with van der Waals surface area (Å²) >= 11 is 0. The fourth-order valence-electron chi connectivity index (χ4n) is 4.65. The number of aliphatic hydroxyl groups excluding tert-OH is 1. The van der Waals surface area contributed by atoms with E-state index in [0.29, 0.717) is 34.8 Å². The minimum atomic E-state index is -1.12. The van der Waals surface area contributed by atoms with Gasteiger partial charge in [-0.15, -0.1) is 0 Å². The van der Waals surface area contributed by atoms with Crippen LogP contribution in [-0.2, 0) is 13.2 Å². The number of amides is 1. The molecule has 0 aliphatic heterocycles. The molecule has 2 aromatic heterocycles. The number of phenols is 1. The molecule has 41 heavy (non-hydrogen) atoms. The van der Waals surface area contributed by atoms with Crippen molar-refractivity contribution in [2.24, 2.45) is 0 Å². The summed E-state index contributed by atoms with van der Waals surface area (Å²) in [6.45, 7) is 0.746. The fraction of sp³-hybridized carbons (Fsp3) is 0.161. The van der Waals surface area contributed by atoms with Gasteiger partial charge in [-0.25, -0.2) is 4.79 Å². The number of H-pyrrole nitrogens is 1. The maximum Gasteiger partial charge on any atom is 0.405 e. The molecule has 5 aromatic rings. The normalized spacial score (nSPS) is 12.6. The molecule has 0 bridgehead atoms. The lowest BCUT2D eigenvalue weighted by molar-refractivity contribution is 0.174. The highest BCUT2D eigenvalue weighted by molar-refractivity contribution is 5.87. The zero-order valence-electron chi connectivity index (χ0n) is 21.9. The highest BCUT2D eigenvalue weighted by atomic mass is 16.5. The molecule has 10 nitrogen and oxygen atoms in total. The van der Waals surface area contributed by atoms with Gasteiger partial charge >= 0.3 is 6.09 Å². The first-order chi connectivity index (χ1) is 19.9. The molecule has 0 radical (unpaired) electrons. The third-order valence-electron chi connectivity index (χ3n) is 6.59. The zero-order valence-corrected chi connectivity index (χ0v) is 21.9. The highest BCUT2D eigenvalue weighted by Gasteiger charge is 2.17. The molecule has 0 spiro atoms. The van der Waals surface area contributed by atoms with E-state index in [1.807, 2.05) is 48.5 Å². The number of rotatable bonds is 11. The number of fused-ring (bicyclic) bond motifs is 1. The fourth-order valence-corrected chi connectivity index (χ4v) is 4.65. The first-order valence-electron chi connectivity index (χ1n) is 13.0. The summed E-state index contributed by atoms with van der Waals surface area (Å²) in [5.74, 6) is 1.76. The van der Waals surface area contributed by atoms with E-state index in [0.717, 1.165) is 11.1 Å². The SMILES string of the molecule is O=C(O)N[C@@H](c1ccccc1)c1cccc(OCc2ccc(CNCC(O)c3ccc(O)c4[nH]c(=O)ccc34)o2)c1. The van der Waals surface area contributed by atoms with Crippen LogP contribution in [0.3, 0.4) is 0 Å². The molecule has 1 amide bonds. The Labute approximate surface area is 234 Å². The molecule has 2 heterocycles. The third kappa shape index (κ3) is 6.75. The topological polar surface area (TPSA) is 157 Å². The highest BCUT2D eigenvalue weighted by Crippen LogP contribution is 2.29. The van der Waals surface area contributed by atoms with Crippen molar-refractivity contribution in [2.75, 3.05) is 6.54 Å². The molecule has 0 saturated carbocycles. The number of carbonyl (C=O) groups is 1. The van der Waals surface area contributed by atoms with Crippen LogP contribution < -0.4 is 20.9 Å². The van der Waals surface area contributed by atoms with Crippen molar-refractivity contribution >= 4 is 17.0 Å². The lowest BCUT2D eigenvalue weighted by Gasteiger charge is -2.18. The summed E-state index contributed by atoms with van der Waals surface area (Å²) in [4.78, 5) is 25.6. The number of furan rings is 1. The summed E-state index contributed by atoms with van der Waals surface area (Å²) in [6.07, 6.45) is -2.01. The standard InChI is InChI=1S/C31H29N3O7/c35-26-13-11-24(25-12-14-28(37)33-30(25)26)27(36)17-32-16-22-9-10-23(41-22)18-40-21-8-4-7-20(15-21)29(34-31(38)39)19-5-2-1-3-6-19/h1-15,27,29,32,34-36H,16-18H2,(H,33,37)(H,38,39)/t27?,29-/m0/s1. The van der Waals surface area contributed by atoms with E-state index in [-0.39, 0.29) is 30.0 Å². The number of aromatic amines is 1. The quantitative estimate of drug-likeness (QED) is 0.138. The molecule has 0 fully saturated rings. The summed E-state index contributed by atoms with van der Waals surface area (Å²) in [5, 5.41) is 36.4. The van der Waals surface area contributed by atoms with Crippen molar-refractivity contribution in [3.05, 3.63) is 130 Å². The van der Waals surface area contributed by atoms with Gasteiger partial charge in [-0.3, -0.25) is 4.79 Å². The van der Waals surface area contributed by atoms with E-state index in [1.54, 1.807) is 30.3 Å². The minimum absolute atomic E-state index is 0.0633. The second kappa shape index (κ2) is 12.4. The van der Waals surface area contributed by atoms with Gasteiger partial charge < -0.3 is 40.1 Å². The Hall–Kier alpha value is -5.06. The van der Waals surface area contributed by atoms with Crippen molar-refractivity contribution in [1.29, 1.82) is 0 Å². The van der Waals surface area contributed by atoms with E-state index >= 15 is 0 Å². The lowest BCUT2D eigenvalue weighted by Crippen LogP contribution is -2.27. The first kappa shape index (κ1) is 27.5. The van der Waals surface area contributed by atoms with Crippen LogP contribution >= 0.6 is 0 Å². The van der Waals surface area contributed by atoms with Gasteiger partial charge in [0.05, 0.1) is 24.2 Å². The number of phenolic OH excluding ortho intramolecular Hbond substituents is 1. The lowest BCUT2D eigenvalue weighted by atomic mass is 9.99. The Morgan fingerprint density at radius 3 is 2.51 bits per heavy atom.